The number of nitrogens with one attached hydrogen (secondary N) is 2. The molecule has 0 spiro atoms. The summed E-state index contributed by atoms with van der Waals surface area (Å²) in [4.78, 5) is 37.6. The Balaban J connectivity index is 1.49. The van der Waals surface area contributed by atoms with E-state index in [9.17, 15) is 14.4 Å². The van der Waals surface area contributed by atoms with E-state index in [2.05, 4.69) is 34.9 Å². The van der Waals surface area contributed by atoms with E-state index in [0.717, 1.165) is 11.1 Å². The van der Waals surface area contributed by atoms with E-state index in [1.807, 2.05) is 52.0 Å². The van der Waals surface area contributed by atoms with E-state index in [0.29, 0.717) is 19.4 Å². The van der Waals surface area contributed by atoms with Crippen LogP contribution in [0.2, 0.25) is 0 Å². The first kappa shape index (κ1) is 27.4. The molecule has 2 amide bonds. The van der Waals surface area contributed by atoms with Crippen LogP contribution in [0.5, 0.6) is 0 Å². The molecule has 0 radical (unpaired) electrons. The zero-order valence-electron chi connectivity index (χ0n) is 21.8. The van der Waals surface area contributed by atoms with Gasteiger partial charge in [0.25, 0.3) is 0 Å². The van der Waals surface area contributed by atoms with Crippen LogP contribution in [0.4, 0.5) is 4.79 Å². The third-order valence-corrected chi connectivity index (χ3v) is 6.68. The van der Waals surface area contributed by atoms with Crippen molar-refractivity contribution in [3.63, 3.8) is 0 Å². The molecule has 0 saturated carbocycles. The van der Waals surface area contributed by atoms with Gasteiger partial charge >= 0.3 is 6.09 Å². The highest BCUT2D eigenvalue weighted by Crippen LogP contribution is 2.44. The monoisotopic (exact) mass is 493 g/mol. The van der Waals surface area contributed by atoms with Crippen LogP contribution in [0.3, 0.4) is 0 Å². The van der Waals surface area contributed by atoms with Gasteiger partial charge in [-0.25, -0.2) is 4.79 Å². The molecule has 0 heterocycles. The minimum absolute atomic E-state index is 0.00318. The number of ether oxygens (including phenoxy) is 1. The van der Waals surface area contributed by atoms with Gasteiger partial charge in [0, 0.05) is 30.8 Å². The smallest absolute Gasteiger partial charge is 0.407 e. The maximum atomic E-state index is 12.6. The Kier molecular flexibility index (Phi) is 9.65. The van der Waals surface area contributed by atoms with E-state index in [1.54, 1.807) is 0 Å². The maximum Gasteiger partial charge on any atom is 0.407 e. The molecule has 36 heavy (non-hydrogen) atoms. The second-order valence-electron chi connectivity index (χ2n) is 10.2. The average molecular weight is 494 g/mol. The van der Waals surface area contributed by atoms with E-state index >= 15 is 0 Å². The average Bonchev–Trinajstić information content (AvgIpc) is 3.17. The van der Waals surface area contributed by atoms with Crippen LogP contribution >= 0.6 is 0 Å². The molecule has 1 aliphatic carbocycles. The van der Waals surface area contributed by atoms with Crippen molar-refractivity contribution in [1.29, 1.82) is 0 Å². The van der Waals surface area contributed by atoms with Gasteiger partial charge in [-0.3, -0.25) is 9.59 Å². The number of alkyl carbamates (subject to hydrolysis) is 1. The normalized spacial score (nSPS) is 14.2. The Morgan fingerprint density at radius 1 is 0.944 bits per heavy atom. The number of hydrogen-bond donors (Lipinski definition) is 3. The summed E-state index contributed by atoms with van der Waals surface area (Å²) in [6, 6.07) is 15.8. The third-order valence-electron chi connectivity index (χ3n) is 6.68. The van der Waals surface area contributed by atoms with E-state index < -0.39 is 18.1 Å². The maximum absolute atomic E-state index is 12.6. The predicted molar refractivity (Wildman–Crippen MR) is 142 cm³/mol. The number of hydrogen-bond acceptors (Lipinski definition) is 5. The molecular formula is C29H39N3O4. The summed E-state index contributed by atoms with van der Waals surface area (Å²) in [5, 5.41) is 5.67. The molecule has 7 heteroatoms. The molecule has 194 valence electrons. The van der Waals surface area contributed by atoms with Crippen LogP contribution in [0.1, 0.15) is 64.0 Å². The number of carbonyl (C=O) groups excluding carboxylic acids is 3. The fourth-order valence-corrected chi connectivity index (χ4v) is 4.67. The van der Waals surface area contributed by atoms with E-state index in [-0.39, 0.29) is 42.6 Å². The molecule has 2 atom stereocenters. The van der Waals surface area contributed by atoms with Crippen LogP contribution in [0.25, 0.3) is 11.1 Å². The lowest BCUT2D eigenvalue weighted by atomic mass is 9.90. The number of ketones is 1. The number of carbonyl (C=O) groups is 3. The van der Waals surface area contributed by atoms with Crippen molar-refractivity contribution < 1.29 is 19.1 Å². The molecule has 7 nitrogen and oxygen atoms in total. The van der Waals surface area contributed by atoms with Crippen LogP contribution in [0, 0.1) is 11.8 Å². The Labute approximate surface area is 214 Å². The molecule has 0 aliphatic heterocycles. The number of benzene rings is 2. The first-order chi connectivity index (χ1) is 17.2. The minimum atomic E-state index is -0.585. The van der Waals surface area contributed by atoms with Gasteiger partial charge in [0.15, 0.2) is 5.78 Å². The van der Waals surface area contributed by atoms with Crippen molar-refractivity contribution in [2.24, 2.45) is 17.6 Å². The zero-order chi connectivity index (χ0) is 26.2. The molecular weight excluding hydrogens is 454 g/mol. The lowest BCUT2D eigenvalue weighted by Crippen LogP contribution is -2.41. The SMILES string of the molecule is CC(C)NC(=O)[C@H](CCCNC(=O)OCC1c2ccccc2-c2ccccc21)CC(=O)[C@@H](N)C(C)C. The predicted octanol–water partition coefficient (Wildman–Crippen LogP) is 4.39. The highest BCUT2D eigenvalue weighted by molar-refractivity contribution is 5.89. The third kappa shape index (κ3) is 6.94. The summed E-state index contributed by atoms with van der Waals surface area (Å²) >= 11 is 0. The Bertz CT molecular complexity index is 1020. The highest BCUT2D eigenvalue weighted by atomic mass is 16.5. The Morgan fingerprint density at radius 3 is 2.08 bits per heavy atom. The quantitative estimate of drug-likeness (QED) is 0.380. The van der Waals surface area contributed by atoms with Crippen LogP contribution < -0.4 is 16.4 Å². The molecule has 0 fully saturated rings. The van der Waals surface area contributed by atoms with Crippen LogP contribution in [-0.4, -0.2) is 43.0 Å². The molecule has 3 rings (SSSR count). The number of fused-ring (bicyclic) bond motifs is 3. The fraction of sp³-hybridized carbons (Fsp3) is 0.483. The highest BCUT2D eigenvalue weighted by Gasteiger charge is 2.29. The lowest BCUT2D eigenvalue weighted by Gasteiger charge is -2.21. The van der Waals surface area contributed by atoms with Crippen molar-refractivity contribution >= 4 is 17.8 Å². The number of amides is 2. The van der Waals surface area contributed by atoms with Crippen LogP contribution in [0.15, 0.2) is 48.5 Å². The standard InChI is InChI=1S/C29H39N3O4/c1-18(2)27(30)26(33)16-20(28(34)32-19(3)4)10-9-15-31-29(35)36-17-25-23-13-7-5-11-21(23)22-12-6-8-14-24(22)25/h5-8,11-14,18-20,25,27H,9-10,15-17,30H2,1-4H3,(H,31,35)(H,32,34)/t20-,27+/m1/s1. The molecule has 1 aliphatic rings. The van der Waals surface area contributed by atoms with Gasteiger partial charge in [0.05, 0.1) is 6.04 Å². The van der Waals surface area contributed by atoms with E-state index in [1.165, 1.54) is 11.1 Å². The summed E-state index contributed by atoms with van der Waals surface area (Å²) in [5.74, 6) is -0.729. The first-order valence-electron chi connectivity index (χ1n) is 12.9. The van der Waals surface area contributed by atoms with Crippen molar-refractivity contribution in [2.75, 3.05) is 13.2 Å². The van der Waals surface area contributed by atoms with Crippen molar-refractivity contribution in [3.8, 4) is 11.1 Å². The summed E-state index contributed by atoms with van der Waals surface area (Å²) in [5.41, 5.74) is 10.7. The molecule has 0 aromatic heterocycles. The van der Waals surface area contributed by atoms with Gasteiger partial charge in [-0.15, -0.1) is 0 Å². The van der Waals surface area contributed by atoms with Gasteiger partial charge in [0.2, 0.25) is 5.91 Å². The number of nitrogens with two attached hydrogens (primary N) is 1. The van der Waals surface area contributed by atoms with Gasteiger partial charge in [-0.05, 0) is 54.9 Å². The number of rotatable bonds is 12. The van der Waals surface area contributed by atoms with Crippen molar-refractivity contribution in [1.82, 2.24) is 10.6 Å². The molecule has 2 aromatic rings. The molecule has 2 aromatic carbocycles. The topological polar surface area (TPSA) is 111 Å². The lowest BCUT2D eigenvalue weighted by molar-refractivity contribution is -0.130. The zero-order valence-corrected chi connectivity index (χ0v) is 21.8. The second kappa shape index (κ2) is 12.7. The largest absolute Gasteiger partial charge is 0.449 e. The summed E-state index contributed by atoms with van der Waals surface area (Å²) in [6.07, 6.45) is 0.629. The first-order valence-corrected chi connectivity index (χ1v) is 12.9. The van der Waals surface area contributed by atoms with Gasteiger partial charge < -0.3 is 21.1 Å². The Hall–Kier alpha value is -3.19. The molecule has 0 saturated heterocycles. The van der Waals surface area contributed by atoms with E-state index in [4.69, 9.17) is 10.5 Å². The van der Waals surface area contributed by atoms with Crippen molar-refractivity contribution in [3.05, 3.63) is 59.7 Å². The fourth-order valence-electron chi connectivity index (χ4n) is 4.67. The second-order valence-corrected chi connectivity index (χ2v) is 10.2. The number of Topliss-reactive ketones (excluding diaryl/α,β-unsaturated/α-hetero) is 1. The van der Waals surface area contributed by atoms with Gasteiger partial charge in [-0.1, -0.05) is 62.4 Å². The summed E-state index contributed by atoms with van der Waals surface area (Å²) in [7, 11) is 0. The summed E-state index contributed by atoms with van der Waals surface area (Å²) in [6.45, 7) is 8.16. The minimum Gasteiger partial charge on any atom is -0.449 e. The van der Waals surface area contributed by atoms with Crippen LogP contribution in [-0.2, 0) is 14.3 Å². The molecule has 0 bridgehead atoms. The van der Waals surface area contributed by atoms with Gasteiger partial charge in [-0.2, -0.15) is 0 Å². The van der Waals surface area contributed by atoms with Crippen molar-refractivity contribution in [2.45, 2.75) is 65.0 Å². The Morgan fingerprint density at radius 2 is 1.53 bits per heavy atom. The molecule has 0 unspecified atom stereocenters. The van der Waals surface area contributed by atoms with Gasteiger partial charge in [0.1, 0.15) is 6.61 Å². The molecule has 4 N–H and O–H groups in total. The summed E-state index contributed by atoms with van der Waals surface area (Å²) < 4.78 is 5.57.